The summed E-state index contributed by atoms with van der Waals surface area (Å²) >= 11 is -2.43. The number of hydrogen-bond acceptors (Lipinski definition) is 4. The monoisotopic (exact) mass is 544 g/mol. The molecule has 0 N–H and O–H groups in total. The van der Waals surface area contributed by atoms with Crippen molar-refractivity contribution >= 4 is 18.4 Å². The Labute approximate surface area is 195 Å². The van der Waals surface area contributed by atoms with E-state index in [0.29, 0.717) is 5.92 Å². The molecular formula is C26H48O4Sn. The molecule has 0 spiro atoms. The van der Waals surface area contributed by atoms with Gasteiger partial charge in [0.1, 0.15) is 0 Å². The van der Waals surface area contributed by atoms with Crippen LogP contribution in [-0.4, -0.2) is 54.9 Å². The first-order valence-corrected chi connectivity index (χ1v) is 20.7. The van der Waals surface area contributed by atoms with Crippen LogP contribution in [-0.2, 0) is 18.9 Å². The van der Waals surface area contributed by atoms with Gasteiger partial charge in [0.2, 0.25) is 0 Å². The Bertz CT molecular complexity index is 593. The molecule has 180 valence electrons. The molecule has 1 saturated carbocycles. The summed E-state index contributed by atoms with van der Waals surface area (Å²) in [6.45, 7) is 16.0. The van der Waals surface area contributed by atoms with Crippen molar-refractivity contribution < 1.29 is 18.9 Å². The van der Waals surface area contributed by atoms with Crippen LogP contribution in [0.25, 0.3) is 0 Å². The Morgan fingerprint density at radius 3 is 1.90 bits per heavy atom. The van der Waals surface area contributed by atoms with E-state index in [1.807, 2.05) is 13.8 Å². The molecule has 1 aliphatic carbocycles. The molecule has 3 aliphatic rings. The molecule has 31 heavy (non-hydrogen) atoms. The van der Waals surface area contributed by atoms with E-state index < -0.39 is 30.0 Å². The first-order chi connectivity index (χ1) is 14.6. The number of fused-ring (bicyclic) bond motifs is 3. The van der Waals surface area contributed by atoms with Crippen LogP contribution in [0, 0.1) is 5.92 Å². The second-order valence-electron chi connectivity index (χ2n) is 11.2. The van der Waals surface area contributed by atoms with Crippen LogP contribution < -0.4 is 0 Å². The van der Waals surface area contributed by atoms with Gasteiger partial charge in [-0.1, -0.05) is 0 Å². The molecule has 2 aliphatic heterocycles. The van der Waals surface area contributed by atoms with Gasteiger partial charge in [-0.05, 0) is 0 Å². The van der Waals surface area contributed by atoms with Gasteiger partial charge >= 0.3 is 196 Å². The van der Waals surface area contributed by atoms with Crippen LogP contribution in [0.3, 0.4) is 0 Å². The van der Waals surface area contributed by atoms with Crippen molar-refractivity contribution in [3.8, 4) is 0 Å². The molecular weight excluding hydrogens is 495 g/mol. The molecule has 2 saturated heterocycles. The molecule has 0 bridgehead atoms. The van der Waals surface area contributed by atoms with E-state index in [2.05, 4.69) is 38.7 Å². The standard InChI is InChI=1S/C14H21O4.3C4H9.Sn/c1-8-6-9-7-15-13(2,3)17-11(9)12-10(8)16-14(4,5)18-12;3*1-3-4-2;/h1,9-12H,6-7H2,2-5H3;3*1,3-4H2,2H3;/t9-,10+,11+,12-;;;;/m1..../s1. The van der Waals surface area contributed by atoms with Gasteiger partial charge in [0.15, 0.2) is 0 Å². The maximum absolute atomic E-state index is 6.56. The van der Waals surface area contributed by atoms with E-state index in [1.54, 1.807) is 0 Å². The molecule has 4 nitrogen and oxygen atoms in total. The average molecular weight is 543 g/mol. The van der Waals surface area contributed by atoms with Gasteiger partial charge in [-0.3, -0.25) is 0 Å². The Hall–Kier alpha value is 0.379. The van der Waals surface area contributed by atoms with Gasteiger partial charge in [0.05, 0.1) is 0 Å². The van der Waals surface area contributed by atoms with Crippen molar-refractivity contribution in [2.75, 3.05) is 6.61 Å². The summed E-state index contributed by atoms with van der Waals surface area (Å²) in [5.74, 6) is -0.732. The third-order valence-corrected chi connectivity index (χ3v) is 21.8. The van der Waals surface area contributed by atoms with E-state index in [-0.39, 0.29) is 18.3 Å². The van der Waals surface area contributed by atoms with E-state index in [0.717, 1.165) is 13.0 Å². The summed E-state index contributed by atoms with van der Waals surface area (Å²) in [5, 5.41) is 0. The van der Waals surface area contributed by atoms with Crippen molar-refractivity contribution in [1.82, 2.24) is 0 Å². The summed E-state index contributed by atoms with van der Waals surface area (Å²) in [7, 11) is 0. The minimum absolute atomic E-state index is 0.0179. The molecule has 0 aromatic carbocycles. The maximum atomic E-state index is 6.56. The van der Waals surface area contributed by atoms with E-state index >= 15 is 0 Å². The van der Waals surface area contributed by atoms with Gasteiger partial charge < -0.3 is 0 Å². The SMILES string of the molecule is CCC[CH2][Sn](/[CH]=C1\C[C@@H]2COC(C)(C)O[C@@H]2[C@@H]2OC(C)(C)O[C@@H]12)([CH2]CCC)[CH2]CCC. The molecule has 4 atom stereocenters. The van der Waals surface area contributed by atoms with Crippen molar-refractivity contribution in [2.24, 2.45) is 5.92 Å². The summed E-state index contributed by atoms with van der Waals surface area (Å²) in [5.41, 5.74) is 1.53. The van der Waals surface area contributed by atoms with Gasteiger partial charge in [-0.2, -0.15) is 0 Å². The Balaban J connectivity index is 1.94. The Morgan fingerprint density at radius 1 is 0.806 bits per heavy atom. The van der Waals surface area contributed by atoms with Crippen molar-refractivity contribution in [1.29, 1.82) is 0 Å². The third kappa shape index (κ3) is 6.49. The summed E-state index contributed by atoms with van der Waals surface area (Å²) in [4.78, 5) is 0. The quantitative estimate of drug-likeness (QED) is 0.279. The molecule has 0 aromatic rings. The Kier molecular flexibility index (Phi) is 9.02. The molecule has 3 fully saturated rings. The third-order valence-electron chi connectivity index (χ3n) is 7.42. The number of ether oxygens (including phenoxy) is 4. The van der Waals surface area contributed by atoms with Crippen LogP contribution in [0.2, 0.25) is 13.3 Å². The van der Waals surface area contributed by atoms with Crippen LogP contribution in [0.4, 0.5) is 0 Å². The van der Waals surface area contributed by atoms with Gasteiger partial charge in [-0.25, -0.2) is 0 Å². The van der Waals surface area contributed by atoms with Crippen molar-refractivity contribution in [3.63, 3.8) is 0 Å². The molecule has 5 heteroatoms. The summed E-state index contributed by atoms with van der Waals surface area (Å²) in [6.07, 6.45) is 9.20. The van der Waals surface area contributed by atoms with Gasteiger partial charge in [0.25, 0.3) is 0 Å². The molecule has 0 radical (unpaired) electrons. The topological polar surface area (TPSA) is 36.9 Å². The van der Waals surface area contributed by atoms with Crippen LogP contribution >= 0.6 is 0 Å². The summed E-state index contributed by atoms with van der Waals surface area (Å²) in [6, 6.07) is 0. The number of hydrogen-bond donors (Lipinski definition) is 0. The molecule has 0 unspecified atom stereocenters. The zero-order valence-electron chi connectivity index (χ0n) is 21.3. The molecule has 2 heterocycles. The summed E-state index contributed by atoms with van der Waals surface area (Å²) < 4.78 is 32.9. The fourth-order valence-corrected chi connectivity index (χ4v) is 21.3. The molecule has 0 aromatic heterocycles. The first kappa shape index (κ1) is 26.0. The first-order valence-electron chi connectivity index (χ1n) is 13.0. The normalized spacial score (nSPS) is 33.3. The predicted octanol–water partition coefficient (Wildman–Crippen LogP) is 6.99. The van der Waals surface area contributed by atoms with E-state index in [9.17, 15) is 0 Å². The molecule has 0 amide bonds. The van der Waals surface area contributed by atoms with Gasteiger partial charge in [0, 0.05) is 0 Å². The van der Waals surface area contributed by atoms with Crippen LogP contribution in [0.5, 0.6) is 0 Å². The predicted molar refractivity (Wildman–Crippen MR) is 130 cm³/mol. The fourth-order valence-electron chi connectivity index (χ4n) is 5.82. The molecule has 3 rings (SSSR count). The Morgan fingerprint density at radius 2 is 1.35 bits per heavy atom. The van der Waals surface area contributed by atoms with E-state index in [4.69, 9.17) is 18.9 Å². The fraction of sp³-hybridized carbons (Fsp3) is 0.923. The van der Waals surface area contributed by atoms with Gasteiger partial charge in [-0.15, -0.1) is 0 Å². The zero-order chi connectivity index (χ0) is 22.7. The van der Waals surface area contributed by atoms with Crippen LogP contribution in [0.15, 0.2) is 9.67 Å². The number of rotatable bonds is 10. The van der Waals surface area contributed by atoms with Crippen molar-refractivity contribution in [3.05, 3.63) is 9.67 Å². The average Bonchev–Trinajstić information content (AvgIpc) is 3.05. The second kappa shape index (κ2) is 10.8. The minimum atomic E-state index is -2.43. The van der Waals surface area contributed by atoms with Crippen LogP contribution in [0.1, 0.15) is 93.4 Å². The number of unbranched alkanes of at least 4 members (excludes halogenated alkanes) is 3. The van der Waals surface area contributed by atoms with Crippen molar-refractivity contribution in [2.45, 2.75) is 137 Å². The zero-order valence-corrected chi connectivity index (χ0v) is 24.2. The van der Waals surface area contributed by atoms with E-state index in [1.165, 1.54) is 57.4 Å². The second-order valence-corrected chi connectivity index (χ2v) is 24.1.